The normalized spacial score (nSPS) is 11.0. The maximum Gasteiger partial charge on any atom is 0.341 e. The van der Waals surface area contributed by atoms with Crippen LogP contribution in [0.5, 0.6) is 29.0 Å². The van der Waals surface area contributed by atoms with Crippen LogP contribution in [0.1, 0.15) is 5.56 Å². The summed E-state index contributed by atoms with van der Waals surface area (Å²) in [7, 11) is 1.28. The number of ether oxygens (including phenoxy) is 4. The van der Waals surface area contributed by atoms with Gasteiger partial charge in [0.15, 0.2) is 0 Å². The van der Waals surface area contributed by atoms with Gasteiger partial charge in [-0.15, -0.1) is 0 Å². The zero-order valence-corrected chi connectivity index (χ0v) is 19.9. The fourth-order valence-corrected chi connectivity index (χ4v) is 3.31. The molecule has 9 heteroatoms. The van der Waals surface area contributed by atoms with Crippen molar-refractivity contribution in [3.8, 4) is 29.0 Å². The molecule has 0 aliphatic rings. The Bertz CT molecular complexity index is 1380. The highest BCUT2D eigenvalue weighted by atomic mass is 35.5. The molecule has 0 saturated carbocycles. The summed E-state index contributed by atoms with van der Waals surface area (Å²) in [5.74, 6) is 0.933. The minimum Gasteiger partial charge on any atom is -0.465 e. The van der Waals surface area contributed by atoms with Crippen LogP contribution < -0.4 is 14.2 Å². The summed E-state index contributed by atoms with van der Waals surface area (Å²) >= 11 is 12.3. The first-order valence-corrected chi connectivity index (χ1v) is 11.0. The van der Waals surface area contributed by atoms with Crippen LogP contribution in [0.25, 0.3) is 5.57 Å². The van der Waals surface area contributed by atoms with Crippen LogP contribution in [0.15, 0.2) is 91.5 Å². The molecule has 0 aliphatic carbocycles. The number of halogens is 2. The van der Waals surface area contributed by atoms with Gasteiger partial charge < -0.3 is 18.9 Å². The molecule has 0 amide bonds. The summed E-state index contributed by atoms with van der Waals surface area (Å²) in [6, 6.07) is 22.3. The standard InChI is InChI=1S/C26H18Cl2N2O5/c1-32-26(31)18(15-33-22-12-6-3-9-19(22)27)17-8-2-5-11-21(17)34-24-14-25(30-16-29-24)35-23-13-7-4-10-20(23)28/h2-16H,1H3/b18-15+. The number of hydrogen-bond acceptors (Lipinski definition) is 7. The number of esters is 1. The van der Waals surface area contributed by atoms with Crippen LogP contribution in [0.4, 0.5) is 0 Å². The van der Waals surface area contributed by atoms with Crippen molar-refractivity contribution in [2.75, 3.05) is 7.11 Å². The molecular weight excluding hydrogens is 491 g/mol. The van der Waals surface area contributed by atoms with Crippen LogP contribution in [0.2, 0.25) is 10.0 Å². The van der Waals surface area contributed by atoms with Crippen molar-refractivity contribution in [1.29, 1.82) is 0 Å². The van der Waals surface area contributed by atoms with E-state index in [1.807, 2.05) is 0 Å². The van der Waals surface area contributed by atoms with E-state index < -0.39 is 5.97 Å². The van der Waals surface area contributed by atoms with Gasteiger partial charge in [0.2, 0.25) is 11.8 Å². The highest BCUT2D eigenvalue weighted by Gasteiger charge is 2.19. The van der Waals surface area contributed by atoms with Crippen LogP contribution in [0, 0.1) is 0 Å². The zero-order valence-electron chi connectivity index (χ0n) is 18.4. The second-order valence-electron chi connectivity index (χ2n) is 6.90. The second-order valence-corrected chi connectivity index (χ2v) is 7.71. The minimum absolute atomic E-state index is 0.115. The predicted octanol–water partition coefficient (Wildman–Crippen LogP) is 6.96. The van der Waals surface area contributed by atoms with E-state index in [9.17, 15) is 4.79 Å². The number of benzene rings is 3. The van der Waals surface area contributed by atoms with Crippen LogP contribution in [-0.2, 0) is 9.53 Å². The van der Waals surface area contributed by atoms with E-state index in [1.54, 1.807) is 72.8 Å². The molecule has 4 aromatic rings. The van der Waals surface area contributed by atoms with Gasteiger partial charge in [0.1, 0.15) is 35.4 Å². The van der Waals surface area contributed by atoms with Crippen molar-refractivity contribution < 1.29 is 23.7 Å². The third kappa shape index (κ3) is 6.09. The Labute approximate surface area is 211 Å². The first-order valence-electron chi connectivity index (χ1n) is 10.3. The molecule has 0 aliphatic heterocycles. The molecule has 7 nitrogen and oxygen atoms in total. The van der Waals surface area contributed by atoms with Crippen molar-refractivity contribution in [1.82, 2.24) is 9.97 Å². The van der Waals surface area contributed by atoms with E-state index in [-0.39, 0.29) is 17.3 Å². The largest absolute Gasteiger partial charge is 0.465 e. The Balaban J connectivity index is 1.63. The summed E-state index contributed by atoms with van der Waals surface area (Å²) in [4.78, 5) is 20.8. The van der Waals surface area contributed by atoms with E-state index in [4.69, 9.17) is 42.1 Å². The van der Waals surface area contributed by atoms with Crippen molar-refractivity contribution in [2.45, 2.75) is 0 Å². The molecule has 4 rings (SSSR count). The van der Waals surface area contributed by atoms with Gasteiger partial charge in [-0.05, 0) is 30.3 Å². The number of carbonyl (C=O) groups excluding carboxylic acids is 1. The maximum absolute atomic E-state index is 12.6. The highest BCUT2D eigenvalue weighted by Crippen LogP contribution is 2.33. The molecule has 35 heavy (non-hydrogen) atoms. The van der Waals surface area contributed by atoms with Crippen molar-refractivity contribution in [3.63, 3.8) is 0 Å². The molecule has 3 aromatic carbocycles. The molecule has 1 heterocycles. The van der Waals surface area contributed by atoms with E-state index in [1.165, 1.54) is 25.8 Å². The summed E-state index contributed by atoms with van der Waals surface area (Å²) < 4.78 is 22.3. The Hall–Kier alpha value is -4.07. The highest BCUT2D eigenvalue weighted by molar-refractivity contribution is 6.32. The van der Waals surface area contributed by atoms with Gasteiger partial charge in [-0.25, -0.2) is 14.8 Å². The van der Waals surface area contributed by atoms with Gasteiger partial charge in [0.05, 0.1) is 23.2 Å². The summed E-state index contributed by atoms with van der Waals surface area (Å²) in [6.07, 6.45) is 2.56. The molecule has 0 N–H and O–H groups in total. The smallest absolute Gasteiger partial charge is 0.341 e. The quantitative estimate of drug-likeness (QED) is 0.144. The van der Waals surface area contributed by atoms with Crippen LogP contribution in [0.3, 0.4) is 0 Å². The first kappa shape index (κ1) is 24.1. The third-order valence-corrected chi connectivity index (χ3v) is 5.23. The van der Waals surface area contributed by atoms with E-state index in [2.05, 4.69) is 9.97 Å². The van der Waals surface area contributed by atoms with Gasteiger partial charge >= 0.3 is 5.97 Å². The van der Waals surface area contributed by atoms with Gasteiger partial charge in [0.25, 0.3) is 0 Å². The fourth-order valence-electron chi connectivity index (χ4n) is 2.96. The molecule has 0 saturated heterocycles. The Morgan fingerprint density at radius 1 is 0.771 bits per heavy atom. The molecule has 176 valence electrons. The van der Waals surface area contributed by atoms with Gasteiger partial charge in [-0.1, -0.05) is 65.7 Å². The minimum atomic E-state index is -0.626. The van der Waals surface area contributed by atoms with Gasteiger partial charge in [-0.3, -0.25) is 0 Å². The number of carbonyl (C=O) groups is 1. The summed E-state index contributed by atoms with van der Waals surface area (Å²) in [5, 5.41) is 0.829. The average Bonchev–Trinajstić information content (AvgIpc) is 2.87. The molecular formula is C26H18Cl2N2O5. The van der Waals surface area contributed by atoms with Gasteiger partial charge in [-0.2, -0.15) is 0 Å². The molecule has 0 spiro atoms. The van der Waals surface area contributed by atoms with E-state index in [0.717, 1.165) is 0 Å². The van der Waals surface area contributed by atoms with Crippen LogP contribution in [-0.4, -0.2) is 23.0 Å². The second kappa shape index (κ2) is 11.4. The van der Waals surface area contributed by atoms with Crippen molar-refractivity contribution >= 4 is 34.7 Å². The number of methoxy groups -OCH3 is 1. The number of nitrogens with zero attached hydrogens (tertiary/aromatic N) is 2. The monoisotopic (exact) mass is 508 g/mol. The van der Waals surface area contributed by atoms with Crippen molar-refractivity contribution in [3.05, 3.63) is 107 Å². The number of hydrogen-bond donors (Lipinski definition) is 0. The number of para-hydroxylation sites is 3. The molecule has 1 aromatic heterocycles. The fraction of sp³-hybridized carbons (Fsp3) is 0.0385. The lowest BCUT2D eigenvalue weighted by Crippen LogP contribution is -2.07. The molecule has 0 unspecified atom stereocenters. The van der Waals surface area contributed by atoms with Gasteiger partial charge in [0, 0.05) is 5.56 Å². The Morgan fingerprint density at radius 3 is 1.94 bits per heavy atom. The van der Waals surface area contributed by atoms with E-state index >= 15 is 0 Å². The lowest BCUT2D eigenvalue weighted by Gasteiger charge is -2.13. The molecule has 0 fully saturated rings. The maximum atomic E-state index is 12.6. The zero-order chi connectivity index (χ0) is 24.6. The SMILES string of the molecule is COC(=O)/C(=C/Oc1ccccc1Cl)c1ccccc1Oc1cc(Oc2ccccc2Cl)ncn1. The average molecular weight is 509 g/mol. The molecule has 0 atom stereocenters. The lowest BCUT2D eigenvalue weighted by molar-refractivity contribution is -0.133. The Kier molecular flexibility index (Phi) is 7.82. The summed E-state index contributed by atoms with van der Waals surface area (Å²) in [5.41, 5.74) is 0.531. The first-order chi connectivity index (χ1) is 17.0. The number of rotatable bonds is 8. The Morgan fingerprint density at radius 2 is 1.31 bits per heavy atom. The number of aromatic nitrogens is 2. The van der Waals surface area contributed by atoms with E-state index in [0.29, 0.717) is 32.9 Å². The summed E-state index contributed by atoms with van der Waals surface area (Å²) in [6.45, 7) is 0. The van der Waals surface area contributed by atoms with Crippen molar-refractivity contribution in [2.24, 2.45) is 0 Å². The topological polar surface area (TPSA) is 79.8 Å². The predicted molar refractivity (Wildman–Crippen MR) is 132 cm³/mol. The van der Waals surface area contributed by atoms with Crippen LogP contribution >= 0.6 is 23.2 Å². The third-order valence-electron chi connectivity index (χ3n) is 4.61. The molecule has 0 radical (unpaired) electrons. The molecule has 0 bridgehead atoms. The lowest BCUT2D eigenvalue weighted by atomic mass is 10.1.